The zero-order valence-corrected chi connectivity index (χ0v) is 47.1. The monoisotopic (exact) mass is 1130 g/mol. The van der Waals surface area contributed by atoms with Crippen molar-refractivity contribution in [2.75, 3.05) is 99.9 Å². The van der Waals surface area contributed by atoms with Gasteiger partial charge in [0.25, 0.3) is 0 Å². The highest BCUT2D eigenvalue weighted by Crippen LogP contribution is 2.37. The van der Waals surface area contributed by atoms with Gasteiger partial charge in [-0.05, 0) is 133 Å². The lowest BCUT2D eigenvalue weighted by molar-refractivity contribution is 0.0662. The van der Waals surface area contributed by atoms with Gasteiger partial charge in [0.2, 0.25) is 0 Å². The Kier molecular flexibility index (Phi) is 16.3. The van der Waals surface area contributed by atoms with Crippen molar-refractivity contribution in [3.8, 4) is 0 Å². The highest BCUT2D eigenvalue weighted by Gasteiger charge is 2.45. The predicted octanol–water partition coefficient (Wildman–Crippen LogP) is 7.01. The highest BCUT2D eigenvalue weighted by atomic mass is 19.1. The topological polar surface area (TPSA) is 212 Å². The number of imidazole rings is 3. The normalized spacial score (nSPS) is 24.6. The number of likely N-dealkylation sites (tertiary alicyclic amines) is 6. The fraction of sp³-hybridized carbons (Fsp3) is 0.579. The summed E-state index contributed by atoms with van der Waals surface area (Å²) in [5.74, 6) is -1.02. The number of hydrogen-bond donors (Lipinski definition) is 3. The van der Waals surface area contributed by atoms with Crippen LogP contribution >= 0.6 is 0 Å². The summed E-state index contributed by atoms with van der Waals surface area (Å²) in [5, 5.41) is 0. The number of H-pyrrole nitrogens is 3. The van der Waals surface area contributed by atoms with Gasteiger partial charge < -0.3 is 43.9 Å². The van der Waals surface area contributed by atoms with Gasteiger partial charge in [-0.15, -0.1) is 0 Å². The van der Waals surface area contributed by atoms with Crippen molar-refractivity contribution in [2.45, 2.75) is 113 Å². The maximum absolute atomic E-state index is 13.7. The van der Waals surface area contributed by atoms with Crippen LogP contribution in [0.5, 0.6) is 0 Å². The van der Waals surface area contributed by atoms with E-state index in [1.165, 1.54) is 57.7 Å². The lowest BCUT2D eigenvalue weighted by Crippen LogP contribution is -2.52. The predicted molar refractivity (Wildman–Crippen MR) is 298 cm³/mol. The maximum Gasteiger partial charge on any atom is 0.409 e. The van der Waals surface area contributed by atoms with Crippen LogP contribution in [0.2, 0.25) is 0 Å². The SMILES string of the molecule is COC(=O)N1CCC(C)(N2CCC(n3c(=O)[nH]c4ccc(F)cc43)CC2)C1.COC(=O)N1CCC(C)(N2CCC(n3c(=O)[nH]c4ccc(F)cc43)CC2)C1.COC(=O)N1CCC(C)(N2CCC(n3c(=O)[nH]c4ccc(F)cc43)CC2)C1. The van der Waals surface area contributed by atoms with E-state index in [1.54, 1.807) is 46.6 Å². The van der Waals surface area contributed by atoms with Gasteiger partial charge in [0.1, 0.15) is 17.5 Å². The van der Waals surface area contributed by atoms with Gasteiger partial charge in [-0.2, -0.15) is 0 Å². The number of benzene rings is 3. The van der Waals surface area contributed by atoms with Crippen LogP contribution in [-0.4, -0.2) is 193 Å². The Labute approximate surface area is 466 Å². The van der Waals surface area contributed by atoms with E-state index in [4.69, 9.17) is 14.2 Å². The minimum Gasteiger partial charge on any atom is -0.453 e. The molecule has 3 unspecified atom stereocenters. The fourth-order valence-electron chi connectivity index (χ4n) is 13.8. The summed E-state index contributed by atoms with van der Waals surface area (Å²) in [6, 6.07) is 13.3. The molecule has 6 saturated heterocycles. The number of nitrogens with one attached hydrogen (secondary N) is 3. The van der Waals surface area contributed by atoms with Crippen LogP contribution in [0.4, 0.5) is 27.6 Å². The fourth-order valence-corrected chi connectivity index (χ4v) is 13.8. The van der Waals surface area contributed by atoms with Crippen LogP contribution in [0.15, 0.2) is 69.0 Å². The molecule has 24 heteroatoms. The Hall–Kier alpha value is -7.05. The zero-order chi connectivity index (χ0) is 57.5. The molecular formula is C57H75F3N12O9. The lowest BCUT2D eigenvalue weighted by atomic mass is 9.94. The Morgan fingerprint density at radius 3 is 0.914 bits per heavy atom. The van der Waals surface area contributed by atoms with Gasteiger partial charge in [-0.3, -0.25) is 28.4 Å². The molecule has 6 aliphatic heterocycles. The summed E-state index contributed by atoms with van der Waals surface area (Å²) in [5.41, 5.74) is 3.12. The molecule has 438 valence electrons. The quantitative estimate of drug-likeness (QED) is 0.144. The Balaban J connectivity index is 0.000000136. The van der Waals surface area contributed by atoms with E-state index in [9.17, 15) is 41.9 Å². The molecule has 3 atom stereocenters. The first-order valence-corrected chi connectivity index (χ1v) is 28.2. The highest BCUT2D eigenvalue weighted by molar-refractivity contribution is 5.77. The molecule has 6 aromatic rings. The van der Waals surface area contributed by atoms with Crippen LogP contribution in [0.3, 0.4) is 0 Å². The summed E-state index contributed by atoms with van der Waals surface area (Å²) in [6.07, 6.45) is 6.79. The van der Waals surface area contributed by atoms with Crippen molar-refractivity contribution < 1.29 is 41.8 Å². The summed E-state index contributed by atoms with van der Waals surface area (Å²) >= 11 is 0. The van der Waals surface area contributed by atoms with Gasteiger partial charge in [0.05, 0.1) is 54.4 Å². The molecule has 9 heterocycles. The second kappa shape index (κ2) is 23.1. The van der Waals surface area contributed by atoms with E-state index >= 15 is 0 Å². The van der Waals surface area contributed by atoms with E-state index in [0.29, 0.717) is 72.4 Å². The molecule has 3 aromatic carbocycles. The first kappa shape index (κ1) is 57.2. The molecule has 0 saturated carbocycles. The minimum absolute atomic E-state index is 0.0472. The summed E-state index contributed by atoms with van der Waals surface area (Å²) < 4.78 is 60.6. The molecular weight excluding hydrogens is 1050 g/mol. The first-order valence-electron chi connectivity index (χ1n) is 28.2. The molecule has 3 aromatic heterocycles. The minimum atomic E-state index is -0.339. The van der Waals surface area contributed by atoms with Crippen molar-refractivity contribution in [3.63, 3.8) is 0 Å². The van der Waals surface area contributed by atoms with E-state index in [2.05, 4.69) is 50.4 Å². The molecule has 0 radical (unpaired) electrons. The standard InChI is InChI=1S/3C19H25FN4O3/c3*1-19(7-10-22(12-19)18(26)27-2)23-8-5-14(6-9-23)24-16-11-13(20)3-4-15(16)21-17(24)25/h3*3-4,11,14H,5-10,12H2,1-2H3,(H,21,25). The smallest absolute Gasteiger partial charge is 0.409 e. The number of ether oxygens (including phenoxy) is 3. The average molecular weight is 1130 g/mol. The molecule has 3 N–H and O–H groups in total. The number of piperidine rings is 3. The second-order valence-corrected chi connectivity index (χ2v) is 23.5. The van der Waals surface area contributed by atoms with Crippen molar-refractivity contribution >= 4 is 51.4 Å². The third-order valence-corrected chi connectivity index (χ3v) is 18.5. The molecule has 12 rings (SSSR count). The van der Waals surface area contributed by atoms with Gasteiger partial charge in [0.15, 0.2) is 0 Å². The average Bonchev–Trinajstić information content (AvgIpc) is 4.36. The van der Waals surface area contributed by atoms with Gasteiger partial charge in [-0.1, -0.05) is 0 Å². The molecule has 21 nitrogen and oxygen atoms in total. The molecule has 6 aliphatic rings. The van der Waals surface area contributed by atoms with E-state index in [1.807, 2.05) is 0 Å². The summed E-state index contributed by atoms with van der Waals surface area (Å²) in [6.45, 7) is 15.6. The maximum atomic E-state index is 13.7. The first-order chi connectivity index (χ1) is 38.7. The third-order valence-electron chi connectivity index (χ3n) is 18.5. The van der Waals surface area contributed by atoms with Crippen LogP contribution in [-0.2, 0) is 14.2 Å². The molecule has 3 amide bonds. The van der Waals surface area contributed by atoms with Crippen LogP contribution in [0.25, 0.3) is 33.1 Å². The number of carbonyl (C=O) groups excluding carboxylic acids is 3. The summed E-state index contributed by atoms with van der Waals surface area (Å²) in [4.78, 5) is 93.6. The van der Waals surface area contributed by atoms with Crippen LogP contribution in [0.1, 0.15) is 96.7 Å². The van der Waals surface area contributed by atoms with Crippen LogP contribution < -0.4 is 17.1 Å². The number of fused-ring (bicyclic) bond motifs is 3. The van der Waals surface area contributed by atoms with E-state index in [0.717, 1.165) is 97.1 Å². The number of hydrogen-bond acceptors (Lipinski definition) is 12. The third kappa shape index (κ3) is 11.5. The number of aromatic nitrogens is 6. The van der Waals surface area contributed by atoms with Crippen molar-refractivity contribution in [2.24, 2.45) is 0 Å². The number of nitrogens with zero attached hydrogens (tertiary/aromatic N) is 9. The van der Waals surface area contributed by atoms with Crippen molar-refractivity contribution in [1.29, 1.82) is 0 Å². The van der Waals surface area contributed by atoms with Gasteiger partial charge in [0, 0.05) is 113 Å². The number of methoxy groups -OCH3 is 3. The molecule has 0 aliphatic carbocycles. The largest absolute Gasteiger partial charge is 0.453 e. The van der Waals surface area contributed by atoms with Crippen molar-refractivity contribution in [1.82, 2.24) is 58.1 Å². The Bertz CT molecular complexity index is 3100. The Morgan fingerprint density at radius 2 is 0.679 bits per heavy atom. The van der Waals surface area contributed by atoms with E-state index in [-0.39, 0.29) is 87.5 Å². The number of halogens is 3. The Morgan fingerprint density at radius 1 is 0.432 bits per heavy atom. The molecule has 6 fully saturated rings. The van der Waals surface area contributed by atoms with E-state index < -0.39 is 0 Å². The van der Waals surface area contributed by atoms with Crippen molar-refractivity contribution in [3.05, 3.63) is 104 Å². The number of carbonyl (C=O) groups is 3. The number of amides is 3. The molecule has 0 spiro atoms. The summed E-state index contributed by atoms with van der Waals surface area (Å²) in [7, 11) is 4.22. The zero-order valence-electron chi connectivity index (χ0n) is 47.1. The van der Waals surface area contributed by atoms with Gasteiger partial charge >= 0.3 is 35.3 Å². The molecule has 81 heavy (non-hydrogen) atoms. The second-order valence-electron chi connectivity index (χ2n) is 23.5. The lowest BCUT2D eigenvalue weighted by Gasteiger charge is -2.43. The van der Waals surface area contributed by atoms with Crippen LogP contribution in [0, 0.1) is 17.5 Å². The molecule has 0 bridgehead atoms. The number of rotatable bonds is 6. The number of aromatic amines is 3. The van der Waals surface area contributed by atoms with Gasteiger partial charge in [-0.25, -0.2) is 41.9 Å².